The molecule has 2 aliphatic rings. The van der Waals surface area contributed by atoms with E-state index in [0.29, 0.717) is 18.6 Å². The summed E-state index contributed by atoms with van der Waals surface area (Å²) >= 11 is 0. The first-order valence-corrected chi connectivity index (χ1v) is 11.1. The first-order chi connectivity index (χ1) is 15.4. The van der Waals surface area contributed by atoms with Gasteiger partial charge in [-0.3, -0.25) is 9.58 Å². The predicted molar refractivity (Wildman–Crippen MR) is 121 cm³/mol. The normalized spacial score (nSPS) is 25.9. The van der Waals surface area contributed by atoms with E-state index in [4.69, 9.17) is 14.6 Å². The number of carbonyl (C=O) groups excluding carboxylic acids is 1. The SMILES string of the molecule is Cc1nn(C2C[C@@H](C)O[C@@H](C)C2)cc1Nc1ncc2ccc(N3C(=O)OC[C@@H]3C)cc2n1. The molecule has 9 heteroatoms. The third kappa shape index (κ3) is 3.88. The topological polar surface area (TPSA) is 94.4 Å². The lowest BCUT2D eigenvalue weighted by Crippen LogP contribution is -2.31. The van der Waals surface area contributed by atoms with Crippen molar-refractivity contribution in [1.82, 2.24) is 19.7 Å². The van der Waals surface area contributed by atoms with Crippen LogP contribution in [0.15, 0.2) is 30.6 Å². The van der Waals surface area contributed by atoms with Crippen molar-refractivity contribution in [3.8, 4) is 0 Å². The second-order valence-corrected chi connectivity index (χ2v) is 8.85. The summed E-state index contributed by atoms with van der Waals surface area (Å²) in [5.41, 5.74) is 3.29. The first kappa shape index (κ1) is 20.7. The van der Waals surface area contributed by atoms with Crippen LogP contribution in [0.2, 0.25) is 0 Å². The Kier molecular flexibility index (Phi) is 5.21. The minimum atomic E-state index is -0.330. The molecule has 2 fully saturated rings. The van der Waals surface area contributed by atoms with E-state index in [1.807, 2.05) is 42.9 Å². The van der Waals surface area contributed by atoms with Crippen LogP contribution in [-0.2, 0) is 9.47 Å². The molecule has 2 aromatic heterocycles. The molecule has 0 aliphatic carbocycles. The lowest BCUT2D eigenvalue weighted by Gasteiger charge is -2.32. The van der Waals surface area contributed by atoms with E-state index in [2.05, 4.69) is 29.1 Å². The molecule has 32 heavy (non-hydrogen) atoms. The Balaban J connectivity index is 1.39. The Bertz CT molecular complexity index is 1150. The number of nitrogens with zero attached hydrogens (tertiary/aromatic N) is 5. The molecule has 168 valence electrons. The highest BCUT2D eigenvalue weighted by Crippen LogP contribution is 2.31. The number of hydrogen-bond acceptors (Lipinski definition) is 7. The largest absolute Gasteiger partial charge is 0.447 e. The number of aromatic nitrogens is 4. The molecule has 0 spiro atoms. The van der Waals surface area contributed by atoms with Gasteiger partial charge in [0.05, 0.1) is 41.2 Å². The average molecular weight is 437 g/mol. The van der Waals surface area contributed by atoms with Gasteiger partial charge in [-0.25, -0.2) is 14.8 Å². The van der Waals surface area contributed by atoms with E-state index < -0.39 is 0 Å². The Morgan fingerprint density at radius 2 is 1.94 bits per heavy atom. The number of anilines is 3. The number of ether oxygens (including phenoxy) is 2. The van der Waals surface area contributed by atoms with Crippen LogP contribution >= 0.6 is 0 Å². The molecular formula is C23H28N6O3. The Morgan fingerprint density at radius 3 is 2.66 bits per heavy atom. The van der Waals surface area contributed by atoms with Crippen LogP contribution in [0.3, 0.4) is 0 Å². The molecule has 0 bridgehead atoms. The molecule has 3 aromatic rings. The number of cyclic esters (lactones) is 1. The summed E-state index contributed by atoms with van der Waals surface area (Å²) in [7, 11) is 0. The molecule has 9 nitrogen and oxygen atoms in total. The van der Waals surface area contributed by atoms with Gasteiger partial charge in [0.15, 0.2) is 0 Å². The van der Waals surface area contributed by atoms with Crippen molar-refractivity contribution < 1.29 is 14.3 Å². The molecule has 4 heterocycles. The van der Waals surface area contributed by atoms with Gasteiger partial charge < -0.3 is 14.8 Å². The second kappa shape index (κ2) is 8.05. The number of rotatable bonds is 4. The van der Waals surface area contributed by atoms with Crippen molar-refractivity contribution in [2.75, 3.05) is 16.8 Å². The van der Waals surface area contributed by atoms with Gasteiger partial charge >= 0.3 is 6.09 Å². The predicted octanol–water partition coefficient (Wildman–Crippen LogP) is 4.35. The van der Waals surface area contributed by atoms with Gasteiger partial charge in [-0.15, -0.1) is 0 Å². The van der Waals surface area contributed by atoms with Gasteiger partial charge in [-0.2, -0.15) is 5.10 Å². The molecule has 2 aliphatic heterocycles. The van der Waals surface area contributed by atoms with Crippen LogP contribution in [0, 0.1) is 6.92 Å². The molecule has 1 aromatic carbocycles. The Labute approximate surface area is 186 Å². The number of aryl methyl sites for hydroxylation is 1. The fraction of sp³-hybridized carbons (Fsp3) is 0.478. The molecule has 2 saturated heterocycles. The van der Waals surface area contributed by atoms with Crippen molar-refractivity contribution in [3.63, 3.8) is 0 Å². The molecule has 1 N–H and O–H groups in total. The average Bonchev–Trinajstić information content (AvgIpc) is 3.28. The Morgan fingerprint density at radius 1 is 1.16 bits per heavy atom. The molecule has 1 unspecified atom stereocenters. The van der Waals surface area contributed by atoms with Crippen molar-refractivity contribution in [3.05, 3.63) is 36.3 Å². The molecule has 4 atom stereocenters. The summed E-state index contributed by atoms with van der Waals surface area (Å²) in [6.45, 7) is 8.55. The van der Waals surface area contributed by atoms with Crippen molar-refractivity contribution in [2.24, 2.45) is 0 Å². The number of amides is 1. The highest BCUT2D eigenvalue weighted by atomic mass is 16.6. The summed E-state index contributed by atoms with van der Waals surface area (Å²) in [6.07, 6.45) is 5.80. The van der Waals surface area contributed by atoms with E-state index in [1.54, 1.807) is 11.1 Å². The summed E-state index contributed by atoms with van der Waals surface area (Å²) in [4.78, 5) is 22.9. The van der Waals surface area contributed by atoms with Gasteiger partial charge in [0.2, 0.25) is 5.95 Å². The maximum atomic E-state index is 12.1. The molecule has 1 amide bonds. The smallest absolute Gasteiger partial charge is 0.414 e. The number of benzene rings is 1. The monoisotopic (exact) mass is 436 g/mol. The minimum absolute atomic E-state index is 0.0107. The summed E-state index contributed by atoms with van der Waals surface area (Å²) in [6, 6.07) is 6.01. The molecule has 5 rings (SSSR count). The minimum Gasteiger partial charge on any atom is -0.447 e. The number of nitrogens with one attached hydrogen (secondary N) is 1. The quantitative estimate of drug-likeness (QED) is 0.650. The zero-order valence-electron chi connectivity index (χ0n) is 18.8. The van der Waals surface area contributed by atoms with E-state index in [0.717, 1.165) is 40.8 Å². The van der Waals surface area contributed by atoms with E-state index in [-0.39, 0.29) is 24.3 Å². The highest BCUT2D eigenvalue weighted by Gasteiger charge is 2.31. The van der Waals surface area contributed by atoms with E-state index in [9.17, 15) is 4.79 Å². The number of fused-ring (bicyclic) bond motifs is 1. The van der Waals surface area contributed by atoms with Crippen LogP contribution in [0.25, 0.3) is 10.9 Å². The highest BCUT2D eigenvalue weighted by molar-refractivity contribution is 5.93. The lowest BCUT2D eigenvalue weighted by molar-refractivity contribution is -0.0506. The third-order valence-electron chi connectivity index (χ3n) is 6.14. The summed E-state index contributed by atoms with van der Waals surface area (Å²) in [5.74, 6) is 0.489. The Hall–Kier alpha value is -3.20. The standard InChI is InChI=1S/C23H28N6O3/c1-13-12-31-23(30)29(13)18-6-5-17-10-24-22(25-20(17)9-18)26-21-11-28(27-16(21)4)19-7-14(2)32-15(3)8-19/h5-6,9-11,13-15,19H,7-8,12H2,1-4H3,(H,24,25,26)/t13-,14-,15+,19?/m0/s1. The van der Waals surface area contributed by atoms with Crippen molar-refractivity contribution >= 4 is 34.3 Å². The van der Waals surface area contributed by atoms with Gasteiger partial charge in [0, 0.05) is 23.5 Å². The lowest BCUT2D eigenvalue weighted by atomic mass is 10.0. The van der Waals surface area contributed by atoms with Gasteiger partial charge in [-0.05, 0) is 58.7 Å². The molecule has 0 saturated carbocycles. The van der Waals surface area contributed by atoms with Crippen LogP contribution in [0.1, 0.15) is 45.3 Å². The van der Waals surface area contributed by atoms with E-state index in [1.165, 1.54) is 0 Å². The van der Waals surface area contributed by atoms with Gasteiger partial charge in [0.1, 0.15) is 6.61 Å². The molecule has 0 radical (unpaired) electrons. The zero-order chi connectivity index (χ0) is 22.4. The fourth-order valence-electron chi connectivity index (χ4n) is 4.60. The summed E-state index contributed by atoms with van der Waals surface area (Å²) < 4.78 is 13.0. The fourth-order valence-corrected chi connectivity index (χ4v) is 4.60. The van der Waals surface area contributed by atoms with E-state index >= 15 is 0 Å². The van der Waals surface area contributed by atoms with Crippen molar-refractivity contribution in [2.45, 2.75) is 64.8 Å². The summed E-state index contributed by atoms with van der Waals surface area (Å²) in [5, 5.41) is 8.94. The third-order valence-corrected chi connectivity index (χ3v) is 6.14. The van der Waals surface area contributed by atoms with Crippen LogP contribution in [-0.4, -0.2) is 50.7 Å². The number of carbonyl (C=O) groups is 1. The maximum absolute atomic E-state index is 12.1. The number of hydrogen-bond donors (Lipinski definition) is 1. The van der Waals surface area contributed by atoms with Crippen LogP contribution in [0.5, 0.6) is 0 Å². The first-order valence-electron chi connectivity index (χ1n) is 11.1. The zero-order valence-corrected chi connectivity index (χ0v) is 18.8. The van der Waals surface area contributed by atoms with Crippen LogP contribution < -0.4 is 10.2 Å². The van der Waals surface area contributed by atoms with Crippen molar-refractivity contribution in [1.29, 1.82) is 0 Å². The second-order valence-electron chi connectivity index (χ2n) is 8.85. The molecular weight excluding hydrogens is 408 g/mol. The van der Waals surface area contributed by atoms with Gasteiger partial charge in [0.25, 0.3) is 0 Å². The maximum Gasteiger partial charge on any atom is 0.414 e. The van der Waals surface area contributed by atoms with Gasteiger partial charge in [-0.1, -0.05) is 0 Å². The van der Waals surface area contributed by atoms with Crippen LogP contribution in [0.4, 0.5) is 22.1 Å².